The fourth-order valence-electron chi connectivity index (χ4n) is 5.49. The van der Waals surface area contributed by atoms with Crippen molar-refractivity contribution in [2.24, 2.45) is 5.92 Å². The number of hydrogen-bond donors (Lipinski definition) is 2. The topological polar surface area (TPSA) is 132 Å². The van der Waals surface area contributed by atoms with Crippen molar-refractivity contribution in [2.75, 3.05) is 17.6 Å². The second-order valence-electron chi connectivity index (χ2n) is 9.31. The van der Waals surface area contributed by atoms with Crippen LogP contribution in [0.15, 0.2) is 61.6 Å². The van der Waals surface area contributed by atoms with Gasteiger partial charge in [0.05, 0.1) is 17.5 Å². The number of nitrogens with two attached hydrogens (primary N) is 1. The molecule has 10 nitrogen and oxygen atoms in total. The van der Waals surface area contributed by atoms with Crippen molar-refractivity contribution in [3.8, 4) is 11.3 Å². The summed E-state index contributed by atoms with van der Waals surface area (Å²) in [6.45, 7) is 4.37. The van der Waals surface area contributed by atoms with Crippen LogP contribution < -0.4 is 11.1 Å². The van der Waals surface area contributed by atoms with Gasteiger partial charge in [-0.15, -0.1) is 0 Å². The molecule has 4 aromatic rings. The fraction of sp³-hybridized carbons (Fsp3) is 0.231. The molecule has 6 rings (SSSR count). The van der Waals surface area contributed by atoms with Crippen molar-refractivity contribution in [2.45, 2.75) is 24.9 Å². The van der Waals surface area contributed by atoms with Gasteiger partial charge in [-0.05, 0) is 43.0 Å². The van der Waals surface area contributed by atoms with Crippen molar-refractivity contribution < 1.29 is 14.0 Å². The number of nitrogens with zero attached hydrogens (tertiary/aromatic N) is 6. The standard InChI is InChI=1S/C26H23FN8O2/c1-2-21(36)34-12-14-9-18(34)19(10-14)35-25-22(24(28)30-13-31-25)23(33-35)15-3-5-16(6-4-15)26(37)32-20-11-17(27)7-8-29-20/h2-8,11,13-14,18-19H,1,9-10,12H2,(H2,28,30,31)(H,29,32,37). The van der Waals surface area contributed by atoms with Crippen molar-refractivity contribution >= 4 is 34.5 Å². The maximum atomic E-state index is 13.4. The average molecular weight is 499 g/mol. The van der Waals surface area contributed by atoms with E-state index in [0.717, 1.165) is 31.0 Å². The predicted octanol–water partition coefficient (Wildman–Crippen LogP) is 3.21. The van der Waals surface area contributed by atoms with Gasteiger partial charge in [0.2, 0.25) is 5.91 Å². The van der Waals surface area contributed by atoms with Gasteiger partial charge in [-0.25, -0.2) is 24.0 Å². The van der Waals surface area contributed by atoms with Crippen molar-refractivity contribution in [3.63, 3.8) is 0 Å². The minimum Gasteiger partial charge on any atom is -0.383 e. The number of carbonyl (C=O) groups is 2. The zero-order valence-electron chi connectivity index (χ0n) is 19.7. The molecule has 1 saturated heterocycles. The van der Waals surface area contributed by atoms with Crippen LogP contribution in [0.4, 0.5) is 16.0 Å². The Labute approximate surface area is 211 Å². The lowest BCUT2D eigenvalue weighted by atomic mass is 10.1. The van der Waals surface area contributed by atoms with Crippen molar-refractivity contribution in [3.05, 3.63) is 73.0 Å². The molecule has 3 atom stereocenters. The van der Waals surface area contributed by atoms with Gasteiger partial charge in [0, 0.05) is 29.9 Å². The molecule has 186 valence electrons. The molecule has 1 saturated carbocycles. The quantitative estimate of drug-likeness (QED) is 0.404. The summed E-state index contributed by atoms with van der Waals surface area (Å²) in [4.78, 5) is 39.5. The van der Waals surface area contributed by atoms with E-state index in [9.17, 15) is 14.0 Å². The van der Waals surface area contributed by atoms with E-state index in [1.807, 2.05) is 9.58 Å². The van der Waals surface area contributed by atoms with Gasteiger partial charge in [0.1, 0.15) is 29.5 Å². The minimum absolute atomic E-state index is 0.00476. The molecule has 2 fully saturated rings. The molecule has 1 aliphatic carbocycles. The van der Waals surface area contributed by atoms with Gasteiger partial charge in [-0.2, -0.15) is 5.10 Å². The van der Waals surface area contributed by atoms with E-state index in [0.29, 0.717) is 34.0 Å². The van der Waals surface area contributed by atoms with Crippen LogP contribution in [-0.2, 0) is 4.79 Å². The number of pyridine rings is 1. The van der Waals surface area contributed by atoms with E-state index in [1.54, 1.807) is 24.3 Å². The first-order valence-electron chi connectivity index (χ1n) is 11.9. The number of hydrogen-bond acceptors (Lipinski definition) is 7. The molecule has 3 aromatic heterocycles. The number of rotatable bonds is 5. The first kappa shape index (κ1) is 22.8. The Morgan fingerprint density at radius 2 is 1.89 bits per heavy atom. The molecule has 2 aliphatic rings. The van der Waals surface area contributed by atoms with Crippen LogP contribution in [-0.4, -0.2) is 54.0 Å². The Hall–Kier alpha value is -4.67. The van der Waals surface area contributed by atoms with E-state index >= 15 is 0 Å². The lowest BCUT2D eigenvalue weighted by Crippen LogP contribution is -2.42. The number of anilines is 2. The summed E-state index contributed by atoms with van der Waals surface area (Å²) in [7, 11) is 0. The summed E-state index contributed by atoms with van der Waals surface area (Å²) in [5.74, 6) is -0.172. The number of fused-ring (bicyclic) bond motifs is 3. The number of likely N-dealkylation sites (tertiary alicyclic amines) is 1. The monoisotopic (exact) mass is 498 g/mol. The summed E-state index contributed by atoms with van der Waals surface area (Å²) < 4.78 is 15.3. The largest absolute Gasteiger partial charge is 0.383 e. The molecule has 2 bridgehead atoms. The summed E-state index contributed by atoms with van der Waals surface area (Å²) in [6, 6.07) is 9.14. The molecule has 1 aromatic carbocycles. The fourth-order valence-corrected chi connectivity index (χ4v) is 5.49. The Balaban J connectivity index is 1.34. The molecule has 0 radical (unpaired) electrons. The summed E-state index contributed by atoms with van der Waals surface area (Å²) >= 11 is 0. The zero-order valence-corrected chi connectivity index (χ0v) is 19.7. The molecule has 3 unspecified atom stereocenters. The second-order valence-corrected chi connectivity index (χ2v) is 9.31. The van der Waals surface area contributed by atoms with Gasteiger partial charge >= 0.3 is 0 Å². The summed E-state index contributed by atoms with van der Waals surface area (Å²) in [5, 5.41) is 8.11. The van der Waals surface area contributed by atoms with E-state index in [2.05, 4.69) is 26.8 Å². The molecule has 1 aliphatic heterocycles. The summed E-state index contributed by atoms with van der Waals surface area (Å²) in [5.41, 5.74) is 8.57. The van der Waals surface area contributed by atoms with Gasteiger partial charge in [-0.1, -0.05) is 18.7 Å². The molecule has 11 heteroatoms. The first-order chi connectivity index (χ1) is 17.9. The second kappa shape index (κ2) is 8.77. The highest BCUT2D eigenvalue weighted by Gasteiger charge is 2.48. The Kier molecular flexibility index (Phi) is 5.40. The average Bonchev–Trinajstić information content (AvgIpc) is 3.62. The Morgan fingerprint density at radius 1 is 1.11 bits per heavy atom. The first-order valence-corrected chi connectivity index (χ1v) is 11.9. The number of piperidine rings is 1. The Bertz CT molecular complexity index is 1550. The Morgan fingerprint density at radius 3 is 2.62 bits per heavy atom. The third-order valence-corrected chi connectivity index (χ3v) is 7.12. The maximum Gasteiger partial charge on any atom is 0.256 e. The van der Waals surface area contributed by atoms with E-state index < -0.39 is 11.7 Å². The van der Waals surface area contributed by atoms with Crippen LogP contribution in [0.3, 0.4) is 0 Å². The molecule has 2 amide bonds. The molecular formula is C26H23FN8O2. The number of amides is 2. The van der Waals surface area contributed by atoms with Crippen LogP contribution in [0.1, 0.15) is 29.2 Å². The predicted molar refractivity (Wildman–Crippen MR) is 135 cm³/mol. The van der Waals surface area contributed by atoms with Crippen LogP contribution in [0.5, 0.6) is 0 Å². The number of nitrogens with one attached hydrogen (secondary N) is 1. The third kappa shape index (κ3) is 3.88. The van der Waals surface area contributed by atoms with Crippen LogP contribution >= 0.6 is 0 Å². The number of nitrogen functional groups attached to an aromatic ring is 1. The molecule has 3 N–H and O–H groups in total. The van der Waals surface area contributed by atoms with Crippen molar-refractivity contribution in [1.82, 2.24) is 29.6 Å². The normalized spacial score (nSPS) is 20.4. The number of aromatic nitrogens is 5. The lowest BCUT2D eigenvalue weighted by Gasteiger charge is -2.32. The highest BCUT2D eigenvalue weighted by molar-refractivity contribution is 6.04. The number of carbonyl (C=O) groups excluding carboxylic acids is 2. The van der Waals surface area contributed by atoms with E-state index in [1.165, 1.54) is 24.7 Å². The van der Waals surface area contributed by atoms with E-state index in [4.69, 9.17) is 10.8 Å². The maximum absolute atomic E-state index is 13.4. The van der Waals surface area contributed by atoms with Crippen LogP contribution in [0.25, 0.3) is 22.3 Å². The van der Waals surface area contributed by atoms with Gasteiger partial charge in [0.25, 0.3) is 5.91 Å². The number of benzene rings is 1. The smallest absolute Gasteiger partial charge is 0.256 e. The highest BCUT2D eigenvalue weighted by Crippen LogP contribution is 2.46. The minimum atomic E-state index is -0.490. The molecule has 0 spiro atoms. The van der Waals surface area contributed by atoms with Gasteiger partial charge < -0.3 is 16.0 Å². The zero-order chi connectivity index (χ0) is 25.7. The SMILES string of the molecule is C=CC(=O)N1CC2CC1C(n1nc(-c3ccc(C(=O)Nc4cc(F)ccn4)cc3)c3c(N)ncnc31)C2. The third-order valence-electron chi connectivity index (χ3n) is 7.12. The van der Waals surface area contributed by atoms with Crippen LogP contribution in [0, 0.1) is 11.7 Å². The van der Waals surface area contributed by atoms with Crippen molar-refractivity contribution in [1.29, 1.82) is 0 Å². The number of halogens is 1. The molecular weight excluding hydrogens is 475 g/mol. The molecule has 37 heavy (non-hydrogen) atoms. The van der Waals surface area contributed by atoms with Gasteiger partial charge in [0.15, 0.2) is 5.65 Å². The highest BCUT2D eigenvalue weighted by atomic mass is 19.1. The van der Waals surface area contributed by atoms with E-state index in [-0.39, 0.29) is 23.8 Å². The van der Waals surface area contributed by atoms with Gasteiger partial charge in [-0.3, -0.25) is 9.59 Å². The lowest BCUT2D eigenvalue weighted by molar-refractivity contribution is -0.128. The van der Waals surface area contributed by atoms with Crippen LogP contribution in [0.2, 0.25) is 0 Å². The molecule has 4 heterocycles. The summed E-state index contributed by atoms with van der Waals surface area (Å²) in [6.07, 6.45) is 5.84.